The van der Waals surface area contributed by atoms with Gasteiger partial charge >= 0.3 is 0 Å². The average molecular weight is 1020 g/mol. The van der Waals surface area contributed by atoms with Crippen molar-refractivity contribution in [2.75, 3.05) is 13.2 Å². The zero-order chi connectivity index (χ0) is 50.5. The maximum Gasteiger partial charge on any atom is 0.192 e. The first-order chi connectivity index (χ1) is 32.7. The van der Waals surface area contributed by atoms with Crippen molar-refractivity contribution in [2.24, 2.45) is 11.8 Å². The molecule has 15 heteroatoms. The predicted molar refractivity (Wildman–Crippen MR) is 273 cm³/mol. The lowest BCUT2D eigenvalue weighted by Crippen LogP contribution is -2.62. The van der Waals surface area contributed by atoms with Gasteiger partial charge in [-0.3, -0.25) is 0 Å². The summed E-state index contributed by atoms with van der Waals surface area (Å²) in [7, 11) is -4.48. The maximum absolute atomic E-state index is 9.66. The van der Waals surface area contributed by atoms with Gasteiger partial charge in [-0.25, -0.2) is 0 Å². The van der Waals surface area contributed by atoms with Gasteiger partial charge in [-0.05, 0) is 119 Å². The lowest BCUT2D eigenvalue weighted by Gasteiger charge is -2.53. The van der Waals surface area contributed by atoms with Crippen molar-refractivity contribution >= 4 is 16.6 Å². The molecule has 0 aromatic carbocycles. The van der Waals surface area contributed by atoms with Gasteiger partial charge in [0.2, 0.25) is 0 Å². The van der Waals surface area contributed by atoms with E-state index in [-0.39, 0.29) is 126 Å². The minimum absolute atomic E-state index is 0.00158. The summed E-state index contributed by atoms with van der Waals surface area (Å²) in [4.78, 5) is 0. The van der Waals surface area contributed by atoms with Crippen LogP contribution in [0.15, 0.2) is 24.3 Å². The van der Waals surface area contributed by atoms with Crippen molar-refractivity contribution in [1.82, 2.24) is 0 Å². The van der Waals surface area contributed by atoms with E-state index in [0.717, 1.165) is 56.1 Å². The van der Waals surface area contributed by atoms with E-state index < -0.39 is 28.2 Å². The molecule has 10 fully saturated rings. The van der Waals surface area contributed by atoms with E-state index in [1.165, 1.54) is 0 Å². The van der Waals surface area contributed by atoms with Crippen molar-refractivity contribution in [2.45, 2.75) is 298 Å². The van der Waals surface area contributed by atoms with Crippen molar-refractivity contribution in [3.63, 3.8) is 0 Å². The van der Waals surface area contributed by atoms with E-state index in [1.807, 2.05) is 13.8 Å². The molecule has 0 unspecified atom stereocenters. The first-order valence-corrected chi connectivity index (χ1v) is 33.4. The summed E-state index contributed by atoms with van der Waals surface area (Å²) >= 11 is 0. The summed E-state index contributed by atoms with van der Waals surface area (Å²) in [6.45, 7) is 41.8. The minimum Gasteiger partial charge on any atom is -0.411 e. The predicted octanol–water partition coefficient (Wildman–Crippen LogP) is 10.1. The lowest BCUT2D eigenvalue weighted by molar-refractivity contribution is -0.293. The summed E-state index contributed by atoms with van der Waals surface area (Å²) in [5.41, 5.74) is 2.29. The Kier molecular flexibility index (Phi) is 15.5. The Hall–Kier alpha value is -0.606. The van der Waals surface area contributed by atoms with Crippen molar-refractivity contribution in [1.29, 1.82) is 0 Å². The zero-order valence-electron chi connectivity index (χ0n) is 45.6. The van der Waals surface area contributed by atoms with Gasteiger partial charge in [-0.15, -0.1) is 0 Å². The molecule has 13 nitrogen and oxygen atoms in total. The monoisotopic (exact) mass is 1020 g/mol. The summed E-state index contributed by atoms with van der Waals surface area (Å²) in [5, 5.41) is 9.70. The molecule has 0 amide bonds. The standard InChI is InChI=1S/C55H94O13Si2/c1-31-25-36(18-19-39-32(2)26-37(58-39)21-23-55-29-44-48(65-55)49-50(63-44)51(66-55)47-40(62-49)20-17-35(60-47)22-24-56)59-41(33(31)3)28-43-46(68-70(15,16)53(8,9)10)34(4)45(67-69(13,14)52(5,6)7)42(61-43)27-38-30-57-54(11,12)64-38/h31,34-51,56H,2-3,17-30H2,1,4-16H3/t31-,34+,35-,36+,37+,38-,39+,40+,41-,42+,43+,44+,45+,46-,47+,48+,49+,50-,51+,55+/m1/s1. The molecule has 0 saturated carbocycles. The largest absolute Gasteiger partial charge is 0.411 e. The molecular weight excluding hydrogens is 925 g/mol. The summed E-state index contributed by atoms with van der Waals surface area (Å²) < 4.78 is 82.5. The second-order valence-corrected chi connectivity index (χ2v) is 36.2. The van der Waals surface area contributed by atoms with Crippen molar-refractivity contribution in [3.8, 4) is 0 Å². The van der Waals surface area contributed by atoms with E-state index in [9.17, 15) is 5.11 Å². The van der Waals surface area contributed by atoms with E-state index in [0.29, 0.717) is 44.6 Å². The smallest absolute Gasteiger partial charge is 0.192 e. The van der Waals surface area contributed by atoms with Gasteiger partial charge in [0.1, 0.15) is 30.5 Å². The fourth-order valence-corrected chi connectivity index (χ4v) is 15.6. The molecule has 70 heavy (non-hydrogen) atoms. The molecule has 1 N–H and O–H groups in total. The molecule has 10 rings (SSSR count). The third-order valence-corrected chi connectivity index (χ3v) is 27.9. The quantitative estimate of drug-likeness (QED) is 0.116. The molecule has 0 aliphatic carbocycles. The Labute approximate surface area is 423 Å². The molecule has 6 bridgehead atoms. The van der Waals surface area contributed by atoms with Gasteiger partial charge in [0.25, 0.3) is 0 Å². The number of aliphatic hydroxyl groups excluding tert-OH is 1. The van der Waals surface area contributed by atoms with Crippen LogP contribution >= 0.6 is 0 Å². The zero-order valence-corrected chi connectivity index (χ0v) is 47.6. The highest BCUT2D eigenvalue weighted by Crippen LogP contribution is 2.55. The summed E-state index contributed by atoms with van der Waals surface area (Å²) in [6.07, 6.45) is 7.36. The lowest BCUT2D eigenvalue weighted by atomic mass is 9.80. The third kappa shape index (κ3) is 11.0. The molecule has 10 saturated heterocycles. The Balaban J connectivity index is 0.849. The van der Waals surface area contributed by atoms with Gasteiger partial charge in [0.05, 0.1) is 79.9 Å². The van der Waals surface area contributed by atoms with E-state index >= 15 is 0 Å². The molecule has 0 aromatic rings. The Bertz CT molecular complexity index is 1860. The number of ether oxygens (including phenoxy) is 10. The highest BCUT2D eigenvalue weighted by Gasteiger charge is 2.69. The SMILES string of the molecule is C=C1C[C@H](CC[C@@]23C[C@@H]4O[C@@H]5[C@@H](O[C@H]6CC[C@H](CCO)O[C@@H]6[C@@H]5O2)[C@H]4O3)O[C@H]1CC[C@H]1C[C@@H](C)C(=C)[C@@H](C[C@@H]2O[C@@H](C[C@@H]3COC(C)(C)O3)[C@@H](O[Si](C)(C)C(C)(C)C)[C@H](C)[C@H]2O[Si](C)(C)C(C)(C)C)O1. The highest BCUT2D eigenvalue weighted by molar-refractivity contribution is 6.74. The number of hydrogen-bond acceptors (Lipinski definition) is 13. The number of rotatable bonds is 16. The van der Waals surface area contributed by atoms with Crippen LogP contribution < -0.4 is 0 Å². The summed E-state index contributed by atoms with van der Waals surface area (Å²) in [5.74, 6) is -1.03. The van der Waals surface area contributed by atoms with Crippen molar-refractivity contribution < 1.29 is 61.3 Å². The van der Waals surface area contributed by atoms with Crippen LogP contribution in [0.1, 0.15) is 146 Å². The van der Waals surface area contributed by atoms with Gasteiger partial charge in [-0.2, -0.15) is 0 Å². The van der Waals surface area contributed by atoms with Crippen LogP contribution in [0.4, 0.5) is 0 Å². The van der Waals surface area contributed by atoms with Crippen LogP contribution in [0.2, 0.25) is 36.3 Å². The average Bonchev–Trinajstić information content (AvgIpc) is 3.96. The normalized spacial score (nSPS) is 45.1. The van der Waals surface area contributed by atoms with Gasteiger partial charge in [-0.1, -0.05) is 68.5 Å². The van der Waals surface area contributed by atoms with Crippen LogP contribution in [0.25, 0.3) is 0 Å². The minimum atomic E-state index is -2.26. The maximum atomic E-state index is 9.66. The van der Waals surface area contributed by atoms with Crippen LogP contribution in [0, 0.1) is 11.8 Å². The molecule has 10 aliphatic heterocycles. The van der Waals surface area contributed by atoms with Crippen LogP contribution in [0.5, 0.6) is 0 Å². The number of aliphatic hydroxyl groups is 1. The topological polar surface area (TPSA) is 131 Å². The van der Waals surface area contributed by atoms with E-state index in [2.05, 4.69) is 94.7 Å². The molecule has 10 aliphatic rings. The number of fused-ring (bicyclic) bond motifs is 1. The number of hydrogen-bond donors (Lipinski definition) is 1. The van der Waals surface area contributed by atoms with Crippen molar-refractivity contribution in [3.05, 3.63) is 24.3 Å². The Morgan fingerprint density at radius 3 is 1.91 bits per heavy atom. The third-order valence-electron chi connectivity index (χ3n) is 19.0. The molecular formula is C55H94O13Si2. The van der Waals surface area contributed by atoms with Gasteiger partial charge in [0.15, 0.2) is 28.2 Å². The molecule has 10 heterocycles. The molecule has 0 spiro atoms. The fraction of sp³-hybridized carbons (Fsp3) is 0.927. The first-order valence-electron chi connectivity index (χ1n) is 27.6. The van der Waals surface area contributed by atoms with Crippen LogP contribution in [0.3, 0.4) is 0 Å². The van der Waals surface area contributed by atoms with E-state index in [1.54, 1.807) is 0 Å². The van der Waals surface area contributed by atoms with Gasteiger partial charge < -0.3 is 61.3 Å². The molecule has 0 aromatic heterocycles. The summed E-state index contributed by atoms with van der Waals surface area (Å²) in [6, 6.07) is 0. The molecule has 0 radical (unpaired) electrons. The van der Waals surface area contributed by atoms with Gasteiger partial charge in [0, 0.05) is 38.2 Å². The Morgan fingerprint density at radius 1 is 0.643 bits per heavy atom. The fourth-order valence-electron chi connectivity index (χ4n) is 12.8. The molecule has 400 valence electrons. The van der Waals surface area contributed by atoms with E-state index in [4.69, 9.17) is 56.2 Å². The molecule has 20 atom stereocenters. The first kappa shape index (κ1) is 54.2. The van der Waals surface area contributed by atoms with Crippen LogP contribution in [-0.4, -0.2) is 150 Å². The highest BCUT2D eigenvalue weighted by atomic mass is 28.4. The van der Waals surface area contributed by atoms with Crippen LogP contribution in [-0.2, 0) is 56.2 Å². The Morgan fingerprint density at radius 2 is 1.27 bits per heavy atom. The second kappa shape index (κ2) is 20.1. The second-order valence-electron chi connectivity index (χ2n) is 26.7.